The molecule has 0 bridgehead atoms. The number of aromatic nitrogens is 5. The molecule has 0 aliphatic heterocycles. The molecule has 0 fully saturated rings. The molecule has 0 amide bonds. The molecule has 0 spiro atoms. The lowest BCUT2D eigenvalue weighted by Gasteiger charge is -2.04. The van der Waals surface area contributed by atoms with Gasteiger partial charge in [-0.15, -0.1) is 0 Å². The van der Waals surface area contributed by atoms with Gasteiger partial charge in [0.2, 0.25) is 0 Å². The maximum absolute atomic E-state index is 4.84. The molecule has 5 rings (SSSR count). The lowest BCUT2D eigenvalue weighted by molar-refractivity contribution is 1.07. The van der Waals surface area contributed by atoms with Crippen LogP contribution in [0.15, 0.2) is 42.9 Å². The monoisotopic (exact) mass is 301 g/mol. The summed E-state index contributed by atoms with van der Waals surface area (Å²) in [6, 6.07) is 8.43. The van der Waals surface area contributed by atoms with Crippen molar-refractivity contribution < 1.29 is 0 Å². The maximum Gasteiger partial charge on any atom is 0.154 e. The van der Waals surface area contributed by atoms with Crippen molar-refractivity contribution in [2.24, 2.45) is 0 Å². The van der Waals surface area contributed by atoms with Crippen molar-refractivity contribution in [1.29, 1.82) is 0 Å². The number of H-pyrrole nitrogens is 2. The van der Waals surface area contributed by atoms with Crippen molar-refractivity contribution in [3.05, 3.63) is 54.2 Å². The molecular formula is C18H15N5. The molecular weight excluding hydrogens is 286 g/mol. The molecule has 4 aromatic heterocycles. The Labute approximate surface area is 132 Å². The van der Waals surface area contributed by atoms with Crippen molar-refractivity contribution in [3.63, 3.8) is 0 Å². The second-order valence-corrected chi connectivity index (χ2v) is 5.89. The molecule has 5 heteroatoms. The fraction of sp³-hybridized carbons (Fsp3) is 0.111. The van der Waals surface area contributed by atoms with E-state index in [9.17, 15) is 0 Å². The van der Waals surface area contributed by atoms with Crippen LogP contribution in [0.5, 0.6) is 0 Å². The van der Waals surface area contributed by atoms with Crippen molar-refractivity contribution in [1.82, 2.24) is 24.3 Å². The van der Waals surface area contributed by atoms with Crippen LogP contribution in [0.2, 0.25) is 0 Å². The summed E-state index contributed by atoms with van der Waals surface area (Å²) in [4.78, 5) is 15.9. The lowest BCUT2D eigenvalue weighted by atomic mass is 10.0. The summed E-state index contributed by atoms with van der Waals surface area (Å²) >= 11 is 0. The fourth-order valence-electron chi connectivity index (χ4n) is 3.44. The third-order valence-electron chi connectivity index (χ3n) is 4.53. The zero-order valence-corrected chi connectivity index (χ0v) is 12.9. The molecule has 0 radical (unpaired) electrons. The number of rotatable bonds is 1. The Balaban J connectivity index is 1.93. The molecule has 0 unspecified atom stereocenters. The molecule has 5 nitrogen and oxygen atoms in total. The van der Waals surface area contributed by atoms with Crippen LogP contribution in [0, 0.1) is 13.8 Å². The fourth-order valence-corrected chi connectivity index (χ4v) is 3.44. The van der Waals surface area contributed by atoms with E-state index in [1.54, 1.807) is 0 Å². The van der Waals surface area contributed by atoms with Crippen LogP contribution in [0.3, 0.4) is 0 Å². The molecule has 0 atom stereocenters. The largest absolute Gasteiger partial charge is 0.361 e. The summed E-state index contributed by atoms with van der Waals surface area (Å²) in [7, 11) is 0. The molecule has 5 aromatic rings. The number of fused-ring (bicyclic) bond motifs is 4. The molecule has 4 heterocycles. The predicted molar refractivity (Wildman–Crippen MR) is 91.6 cm³/mol. The Kier molecular flexibility index (Phi) is 2.29. The number of imidazole rings is 1. The molecule has 112 valence electrons. The SMILES string of the molecule is Cc1ccc(-c2nc(C)n3c2cnc2[nH]ccc23)c2cc[nH]c12. The number of nitrogens with one attached hydrogen (secondary N) is 2. The Bertz CT molecular complexity index is 1190. The highest BCUT2D eigenvalue weighted by atomic mass is 15.1. The first-order chi connectivity index (χ1) is 11.2. The first kappa shape index (κ1) is 12.5. The highest BCUT2D eigenvalue weighted by Crippen LogP contribution is 2.33. The van der Waals surface area contributed by atoms with E-state index in [0.717, 1.165) is 39.3 Å². The van der Waals surface area contributed by atoms with Gasteiger partial charge < -0.3 is 9.97 Å². The lowest BCUT2D eigenvalue weighted by Crippen LogP contribution is -1.91. The van der Waals surface area contributed by atoms with Gasteiger partial charge in [-0.05, 0) is 31.5 Å². The molecule has 23 heavy (non-hydrogen) atoms. The maximum atomic E-state index is 4.84. The van der Waals surface area contributed by atoms with Gasteiger partial charge >= 0.3 is 0 Å². The number of benzene rings is 1. The van der Waals surface area contributed by atoms with Crippen LogP contribution in [0.1, 0.15) is 11.4 Å². The number of hydrogen-bond donors (Lipinski definition) is 2. The van der Waals surface area contributed by atoms with Gasteiger partial charge in [-0.25, -0.2) is 9.97 Å². The minimum Gasteiger partial charge on any atom is -0.361 e. The van der Waals surface area contributed by atoms with Gasteiger partial charge in [0.25, 0.3) is 0 Å². The summed E-state index contributed by atoms with van der Waals surface area (Å²) < 4.78 is 2.16. The predicted octanol–water partition coefficient (Wildman–Crippen LogP) is 3.98. The Hall–Kier alpha value is -3.08. The van der Waals surface area contributed by atoms with Gasteiger partial charge in [0.05, 0.1) is 22.9 Å². The van der Waals surface area contributed by atoms with Crippen LogP contribution in [0.4, 0.5) is 0 Å². The van der Waals surface area contributed by atoms with Crippen LogP contribution < -0.4 is 0 Å². The minimum atomic E-state index is 0.875. The number of nitrogens with zero attached hydrogens (tertiary/aromatic N) is 3. The summed E-state index contributed by atoms with van der Waals surface area (Å²) in [6.07, 6.45) is 5.79. The van der Waals surface area contributed by atoms with E-state index in [-0.39, 0.29) is 0 Å². The highest BCUT2D eigenvalue weighted by molar-refractivity contribution is 6.00. The zero-order chi connectivity index (χ0) is 15.6. The summed E-state index contributed by atoms with van der Waals surface area (Å²) in [5.74, 6) is 0.964. The van der Waals surface area contributed by atoms with Crippen molar-refractivity contribution in [3.8, 4) is 11.3 Å². The third-order valence-corrected chi connectivity index (χ3v) is 4.53. The first-order valence-corrected chi connectivity index (χ1v) is 7.62. The van der Waals surface area contributed by atoms with Crippen molar-refractivity contribution in [2.75, 3.05) is 0 Å². The zero-order valence-electron chi connectivity index (χ0n) is 12.9. The molecule has 0 aliphatic rings. The smallest absolute Gasteiger partial charge is 0.154 e. The van der Waals surface area contributed by atoms with Crippen LogP contribution in [-0.2, 0) is 0 Å². The van der Waals surface area contributed by atoms with Crippen molar-refractivity contribution >= 4 is 27.6 Å². The van der Waals surface area contributed by atoms with E-state index in [2.05, 4.69) is 44.5 Å². The van der Waals surface area contributed by atoms with E-state index in [1.807, 2.05) is 31.6 Å². The molecule has 0 saturated heterocycles. The van der Waals surface area contributed by atoms with Gasteiger partial charge in [-0.3, -0.25) is 4.40 Å². The minimum absolute atomic E-state index is 0.875. The van der Waals surface area contributed by atoms with Crippen LogP contribution >= 0.6 is 0 Å². The summed E-state index contributed by atoms with van der Waals surface area (Å²) in [5, 5.41) is 1.19. The van der Waals surface area contributed by atoms with Gasteiger partial charge in [0.1, 0.15) is 5.82 Å². The number of hydrogen-bond acceptors (Lipinski definition) is 2. The van der Waals surface area contributed by atoms with E-state index >= 15 is 0 Å². The van der Waals surface area contributed by atoms with E-state index in [4.69, 9.17) is 4.98 Å². The second kappa shape index (κ2) is 4.23. The number of aryl methyl sites for hydroxylation is 2. The summed E-state index contributed by atoms with van der Waals surface area (Å²) in [6.45, 7) is 4.15. The quantitative estimate of drug-likeness (QED) is 0.492. The normalized spacial score (nSPS) is 11.9. The third kappa shape index (κ3) is 1.56. The van der Waals surface area contributed by atoms with Crippen molar-refractivity contribution in [2.45, 2.75) is 13.8 Å². The Morgan fingerprint density at radius 3 is 2.74 bits per heavy atom. The average Bonchev–Trinajstić information content (AvgIpc) is 3.25. The first-order valence-electron chi connectivity index (χ1n) is 7.62. The van der Waals surface area contributed by atoms with Gasteiger partial charge in [-0.2, -0.15) is 0 Å². The number of aromatic amines is 2. The molecule has 1 aromatic carbocycles. The van der Waals surface area contributed by atoms with Crippen LogP contribution in [-0.4, -0.2) is 24.3 Å². The Morgan fingerprint density at radius 1 is 0.957 bits per heavy atom. The Morgan fingerprint density at radius 2 is 1.83 bits per heavy atom. The summed E-state index contributed by atoms with van der Waals surface area (Å²) in [5.41, 5.74) is 7.46. The van der Waals surface area contributed by atoms with E-state index < -0.39 is 0 Å². The van der Waals surface area contributed by atoms with Gasteiger partial charge in [0.15, 0.2) is 5.65 Å². The highest BCUT2D eigenvalue weighted by Gasteiger charge is 2.16. The average molecular weight is 301 g/mol. The standard InChI is InChI=1S/C18H15N5/c1-10-3-4-12(13-5-7-19-16(10)13)17-15-9-21-18-14(6-8-20-18)23(15)11(2)22-17/h3-9,19-20H,1-2H3. The second-order valence-electron chi connectivity index (χ2n) is 5.89. The topological polar surface area (TPSA) is 61.8 Å². The molecule has 0 aliphatic carbocycles. The molecule has 0 saturated carbocycles. The van der Waals surface area contributed by atoms with E-state index in [1.165, 1.54) is 10.9 Å². The van der Waals surface area contributed by atoms with Crippen LogP contribution in [0.25, 0.3) is 38.8 Å². The van der Waals surface area contributed by atoms with Gasteiger partial charge in [0, 0.05) is 28.9 Å². The molecule has 2 N–H and O–H groups in total. The van der Waals surface area contributed by atoms with Gasteiger partial charge in [-0.1, -0.05) is 12.1 Å². The van der Waals surface area contributed by atoms with E-state index in [0.29, 0.717) is 0 Å².